The van der Waals surface area contributed by atoms with Crippen LogP contribution in [0.1, 0.15) is 250 Å². The molecule has 2 saturated carbocycles. The lowest BCUT2D eigenvalue weighted by Crippen LogP contribution is -2.18. The van der Waals surface area contributed by atoms with E-state index in [9.17, 15) is 10.5 Å². The second-order valence-corrected chi connectivity index (χ2v) is 20.7. The molecule has 2 heterocycles. The largest absolute Gasteiger partial charge is 0.457 e. The van der Waals surface area contributed by atoms with Gasteiger partial charge >= 0.3 is 0 Å². The number of hydrogen-bond donors (Lipinski definition) is 0. The Morgan fingerprint density at radius 1 is 0.464 bits per heavy atom. The van der Waals surface area contributed by atoms with E-state index in [1.807, 2.05) is 36.9 Å². The van der Waals surface area contributed by atoms with E-state index in [2.05, 4.69) is 13.8 Å². The zero-order valence-corrected chi connectivity index (χ0v) is 42.4. The van der Waals surface area contributed by atoms with Crippen molar-refractivity contribution in [2.24, 2.45) is 11.8 Å². The number of nitriles is 2. The average Bonchev–Trinajstić information content (AvgIpc) is 3.38. The minimum atomic E-state index is -0.582. The number of aromatic nitrogens is 4. The number of nitrogens with zero attached hydrogens (tertiary/aromatic N) is 6. The Kier molecular flexibility index (Phi) is 23.4. The first-order valence-corrected chi connectivity index (χ1v) is 27.6. The molecule has 0 aliphatic heterocycles. The van der Waals surface area contributed by atoms with Crippen LogP contribution in [-0.4, -0.2) is 19.9 Å². The van der Waals surface area contributed by atoms with Crippen molar-refractivity contribution < 1.29 is 13.5 Å². The standard InChI is InChI=1S/C60H82F2N6O/c1-3-5-7-9-11-13-15-17-19-21-23-47-41-65-59(66-42-47)49-29-25-45(26-30-49)37-53-55(35-33-51(39-63)57(53)61)69-56-36-34-52(40-64)58(62)54(56)38-46-27-31-50(32-28-46)60-67-43-48(44-68-60)24-22-20-18-16-14-12-10-8-6-4-2/h33-36,41-46,49-50H,3-32,37-38H2,1-2H3. The number of benzene rings is 2. The minimum Gasteiger partial charge on any atom is -0.457 e. The molecule has 0 N–H and O–H groups in total. The Morgan fingerprint density at radius 2 is 0.783 bits per heavy atom. The summed E-state index contributed by atoms with van der Waals surface area (Å²) in [4.78, 5) is 19.2. The summed E-state index contributed by atoms with van der Waals surface area (Å²) in [5.41, 5.74) is 3.02. The fraction of sp³-hybridized carbons (Fsp3) is 0.633. The zero-order chi connectivity index (χ0) is 48.5. The minimum absolute atomic E-state index is 0.0342. The molecular weight excluding hydrogens is 859 g/mol. The summed E-state index contributed by atoms with van der Waals surface area (Å²) in [5, 5.41) is 19.6. The van der Waals surface area contributed by atoms with Gasteiger partial charge in [0.15, 0.2) is 0 Å². The van der Waals surface area contributed by atoms with Crippen LogP contribution < -0.4 is 4.74 Å². The molecule has 0 bridgehead atoms. The van der Waals surface area contributed by atoms with Gasteiger partial charge in [0.25, 0.3) is 0 Å². The lowest BCUT2D eigenvalue weighted by molar-refractivity contribution is 0.308. The Bertz CT molecular complexity index is 2030. The third kappa shape index (κ3) is 17.3. The van der Waals surface area contributed by atoms with Crippen LogP contribution in [0.3, 0.4) is 0 Å². The maximum absolute atomic E-state index is 16.2. The number of hydrogen-bond acceptors (Lipinski definition) is 7. The molecule has 2 aromatic carbocycles. The Morgan fingerprint density at radius 3 is 1.10 bits per heavy atom. The molecule has 372 valence electrons. The number of ether oxygens (including phenoxy) is 1. The summed E-state index contributed by atoms with van der Waals surface area (Å²) in [7, 11) is 0. The monoisotopic (exact) mass is 941 g/mol. The molecule has 2 aromatic heterocycles. The van der Waals surface area contributed by atoms with Crippen molar-refractivity contribution in [2.75, 3.05) is 0 Å². The molecule has 0 unspecified atom stereocenters. The molecule has 0 radical (unpaired) electrons. The number of unbranched alkanes of at least 4 members (excludes halogenated alkanes) is 18. The summed E-state index contributed by atoms with van der Waals surface area (Å²) in [5.74, 6) is 2.08. The van der Waals surface area contributed by atoms with Crippen molar-refractivity contribution >= 4 is 0 Å². The molecule has 0 atom stereocenters. The van der Waals surface area contributed by atoms with E-state index in [1.165, 1.54) is 152 Å². The molecule has 69 heavy (non-hydrogen) atoms. The number of rotatable bonds is 30. The molecule has 2 fully saturated rings. The van der Waals surface area contributed by atoms with Gasteiger partial charge in [0, 0.05) is 47.8 Å². The van der Waals surface area contributed by atoms with E-state index < -0.39 is 11.6 Å². The van der Waals surface area contributed by atoms with Gasteiger partial charge in [-0.2, -0.15) is 10.5 Å². The molecule has 0 spiro atoms. The fourth-order valence-corrected chi connectivity index (χ4v) is 10.9. The molecule has 2 aliphatic rings. The summed E-state index contributed by atoms with van der Waals surface area (Å²) in [6.45, 7) is 4.53. The maximum Gasteiger partial charge on any atom is 0.147 e. The predicted octanol–water partition coefficient (Wildman–Crippen LogP) is 17.0. The van der Waals surface area contributed by atoms with Gasteiger partial charge < -0.3 is 4.74 Å². The SMILES string of the molecule is CCCCCCCCCCCCc1cnc(C2CCC(Cc3c(Oc4ccc(C#N)c(F)c4CC4CCC(c5ncc(CCCCCCCCCCCC)cn5)CC4)ccc(C#N)c3F)CC2)nc1. The highest BCUT2D eigenvalue weighted by Crippen LogP contribution is 2.42. The summed E-state index contributed by atoms with van der Waals surface area (Å²) >= 11 is 0. The Hall–Kier alpha value is -4.76. The lowest BCUT2D eigenvalue weighted by Gasteiger charge is -2.29. The van der Waals surface area contributed by atoms with E-state index in [0.29, 0.717) is 24.0 Å². The molecule has 4 aromatic rings. The maximum atomic E-state index is 16.2. The van der Waals surface area contributed by atoms with Crippen LogP contribution in [0.5, 0.6) is 11.5 Å². The van der Waals surface area contributed by atoms with Crippen LogP contribution in [0, 0.1) is 46.1 Å². The van der Waals surface area contributed by atoms with Crippen molar-refractivity contribution in [3.63, 3.8) is 0 Å². The van der Waals surface area contributed by atoms with Gasteiger partial charge in [-0.25, -0.2) is 28.7 Å². The highest BCUT2D eigenvalue weighted by atomic mass is 19.1. The smallest absolute Gasteiger partial charge is 0.147 e. The highest BCUT2D eigenvalue weighted by Gasteiger charge is 2.30. The van der Waals surface area contributed by atoms with E-state index in [-0.39, 0.29) is 46.3 Å². The fourth-order valence-electron chi connectivity index (χ4n) is 10.9. The van der Waals surface area contributed by atoms with Gasteiger partial charge in [0.1, 0.15) is 46.9 Å². The molecular formula is C60H82F2N6O. The predicted molar refractivity (Wildman–Crippen MR) is 274 cm³/mol. The van der Waals surface area contributed by atoms with Crippen LogP contribution >= 0.6 is 0 Å². The molecule has 0 amide bonds. The van der Waals surface area contributed by atoms with Crippen molar-refractivity contribution in [3.05, 3.63) is 106 Å². The van der Waals surface area contributed by atoms with E-state index in [0.717, 1.165) is 75.9 Å². The van der Waals surface area contributed by atoms with Gasteiger partial charge in [-0.3, -0.25) is 0 Å². The quantitative estimate of drug-likeness (QED) is 0.0479. The Balaban J connectivity index is 0.981. The molecule has 0 saturated heterocycles. The molecule has 6 rings (SSSR count). The second-order valence-electron chi connectivity index (χ2n) is 20.7. The lowest BCUT2D eigenvalue weighted by atomic mass is 9.78. The van der Waals surface area contributed by atoms with Crippen molar-refractivity contribution in [2.45, 2.75) is 231 Å². The van der Waals surface area contributed by atoms with Crippen molar-refractivity contribution in [3.8, 4) is 23.6 Å². The van der Waals surface area contributed by atoms with Crippen LogP contribution in [-0.2, 0) is 25.7 Å². The number of halogens is 2. The zero-order valence-electron chi connectivity index (χ0n) is 42.4. The summed E-state index contributed by atoms with van der Waals surface area (Å²) in [6, 6.07) is 10.2. The normalized spacial score (nSPS) is 18.2. The van der Waals surface area contributed by atoms with Crippen molar-refractivity contribution in [1.29, 1.82) is 10.5 Å². The third-order valence-electron chi connectivity index (χ3n) is 15.4. The third-order valence-corrected chi connectivity index (χ3v) is 15.4. The van der Waals surface area contributed by atoms with Gasteiger partial charge in [-0.05, 0) is 137 Å². The van der Waals surface area contributed by atoms with Crippen LogP contribution in [0.2, 0.25) is 0 Å². The first-order valence-electron chi connectivity index (χ1n) is 27.6. The van der Waals surface area contributed by atoms with Gasteiger partial charge in [-0.15, -0.1) is 0 Å². The molecule has 2 aliphatic carbocycles. The average molecular weight is 941 g/mol. The van der Waals surface area contributed by atoms with E-state index in [1.54, 1.807) is 12.1 Å². The topological polar surface area (TPSA) is 108 Å². The summed E-state index contributed by atoms with van der Waals surface area (Å²) < 4.78 is 38.8. The van der Waals surface area contributed by atoms with Gasteiger partial charge in [0.05, 0.1) is 11.1 Å². The van der Waals surface area contributed by atoms with Gasteiger partial charge in [-0.1, -0.05) is 129 Å². The first kappa shape index (κ1) is 53.6. The van der Waals surface area contributed by atoms with E-state index in [4.69, 9.17) is 24.7 Å². The summed E-state index contributed by atoms with van der Waals surface area (Å²) in [6.07, 6.45) is 44.4. The molecule has 7 nitrogen and oxygen atoms in total. The highest BCUT2D eigenvalue weighted by molar-refractivity contribution is 5.50. The van der Waals surface area contributed by atoms with Crippen LogP contribution in [0.25, 0.3) is 0 Å². The molecule has 9 heteroatoms. The Labute approximate surface area is 414 Å². The first-order chi connectivity index (χ1) is 33.9. The van der Waals surface area contributed by atoms with Crippen LogP contribution in [0.4, 0.5) is 8.78 Å². The van der Waals surface area contributed by atoms with Gasteiger partial charge in [0.2, 0.25) is 0 Å². The second kappa shape index (κ2) is 30.1. The van der Waals surface area contributed by atoms with Crippen LogP contribution in [0.15, 0.2) is 49.1 Å². The van der Waals surface area contributed by atoms with Crippen molar-refractivity contribution in [1.82, 2.24) is 19.9 Å². The number of aryl methyl sites for hydroxylation is 2. The van der Waals surface area contributed by atoms with E-state index >= 15 is 8.78 Å².